The summed E-state index contributed by atoms with van der Waals surface area (Å²) in [7, 11) is 0. The maximum atomic E-state index is 12.5. The Hall–Kier alpha value is -1.39. The van der Waals surface area contributed by atoms with Gasteiger partial charge in [0.15, 0.2) is 0 Å². The molecule has 3 atom stereocenters. The highest BCUT2D eigenvalue weighted by atomic mass is 16.2. The Morgan fingerprint density at radius 1 is 1.38 bits per heavy atom. The molecule has 1 aromatic rings. The van der Waals surface area contributed by atoms with Crippen LogP contribution in [-0.4, -0.2) is 29.9 Å². The van der Waals surface area contributed by atoms with Crippen molar-refractivity contribution in [2.45, 2.75) is 44.7 Å². The van der Waals surface area contributed by atoms with Gasteiger partial charge in [0.2, 0.25) is 5.91 Å². The minimum absolute atomic E-state index is 0.0753. The molecule has 116 valence electrons. The van der Waals surface area contributed by atoms with Crippen molar-refractivity contribution in [2.24, 2.45) is 17.4 Å². The normalized spacial score (nSPS) is 23.9. The molecule has 0 bridgehead atoms. The lowest BCUT2D eigenvalue weighted by Crippen LogP contribution is -2.51. The molecule has 0 aromatic heterocycles. The Morgan fingerprint density at radius 2 is 2.10 bits per heavy atom. The molecular formula is C17H27N3O. The number of nitrogens with two attached hydrogens (primary N) is 2. The van der Waals surface area contributed by atoms with Crippen LogP contribution < -0.4 is 11.5 Å². The Labute approximate surface area is 127 Å². The van der Waals surface area contributed by atoms with E-state index in [0.29, 0.717) is 25.3 Å². The summed E-state index contributed by atoms with van der Waals surface area (Å²) in [6, 6.07) is 10.1. The van der Waals surface area contributed by atoms with Crippen molar-refractivity contribution in [3.63, 3.8) is 0 Å². The molecule has 4 N–H and O–H groups in total. The number of nitrogens with zero attached hydrogens (tertiary/aromatic N) is 1. The summed E-state index contributed by atoms with van der Waals surface area (Å²) in [5, 5.41) is 0. The molecule has 3 unspecified atom stereocenters. The van der Waals surface area contributed by atoms with Crippen LogP contribution in [0.15, 0.2) is 30.3 Å². The fraction of sp³-hybridized carbons (Fsp3) is 0.588. The van der Waals surface area contributed by atoms with Crippen LogP contribution in [0.4, 0.5) is 0 Å². The lowest BCUT2D eigenvalue weighted by molar-refractivity contribution is -0.136. The predicted molar refractivity (Wildman–Crippen MR) is 85.6 cm³/mol. The van der Waals surface area contributed by atoms with Crippen LogP contribution in [0.3, 0.4) is 0 Å². The third kappa shape index (κ3) is 4.05. The van der Waals surface area contributed by atoms with Gasteiger partial charge in [-0.25, -0.2) is 0 Å². The molecule has 1 saturated heterocycles. The van der Waals surface area contributed by atoms with Crippen molar-refractivity contribution < 1.29 is 4.79 Å². The van der Waals surface area contributed by atoms with Gasteiger partial charge in [-0.2, -0.15) is 0 Å². The van der Waals surface area contributed by atoms with E-state index in [0.717, 1.165) is 24.9 Å². The van der Waals surface area contributed by atoms with Crippen LogP contribution in [0.25, 0.3) is 0 Å². The van der Waals surface area contributed by atoms with Gasteiger partial charge in [-0.05, 0) is 30.7 Å². The highest BCUT2D eigenvalue weighted by molar-refractivity contribution is 5.76. The van der Waals surface area contributed by atoms with Gasteiger partial charge < -0.3 is 16.4 Å². The molecule has 1 aliphatic rings. The minimum atomic E-state index is -0.0753. The van der Waals surface area contributed by atoms with E-state index in [1.54, 1.807) is 0 Å². The van der Waals surface area contributed by atoms with E-state index in [4.69, 9.17) is 11.5 Å². The zero-order valence-corrected chi connectivity index (χ0v) is 12.9. The van der Waals surface area contributed by atoms with Crippen molar-refractivity contribution in [1.82, 2.24) is 4.90 Å². The molecule has 0 spiro atoms. The molecule has 1 aliphatic heterocycles. The van der Waals surface area contributed by atoms with Crippen LogP contribution in [-0.2, 0) is 4.79 Å². The Balaban J connectivity index is 1.89. The highest BCUT2D eigenvalue weighted by Gasteiger charge is 2.30. The monoisotopic (exact) mass is 289 g/mol. The second-order valence-corrected chi connectivity index (χ2v) is 6.07. The van der Waals surface area contributed by atoms with Crippen LogP contribution in [0, 0.1) is 5.92 Å². The second kappa shape index (κ2) is 7.57. The zero-order valence-electron chi connectivity index (χ0n) is 12.9. The van der Waals surface area contributed by atoms with E-state index in [2.05, 4.69) is 6.92 Å². The molecule has 4 nitrogen and oxygen atoms in total. The van der Waals surface area contributed by atoms with Crippen LogP contribution in [0.1, 0.15) is 44.2 Å². The second-order valence-electron chi connectivity index (χ2n) is 6.07. The van der Waals surface area contributed by atoms with E-state index in [1.807, 2.05) is 35.2 Å². The largest absolute Gasteiger partial charge is 0.338 e. The number of hydrogen-bond donors (Lipinski definition) is 2. The van der Waals surface area contributed by atoms with Gasteiger partial charge in [0.25, 0.3) is 0 Å². The molecule has 1 heterocycles. The average Bonchev–Trinajstić information content (AvgIpc) is 2.52. The van der Waals surface area contributed by atoms with Gasteiger partial charge in [0.1, 0.15) is 0 Å². The maximum Gasteiger partial charge on any atom is 0.222 e. The third-order valence-corrected chi connectivity index (χ3v) is 4.57. The zero-order chi connectivity index (χ0) is 15.2. The minimum Gasteiger partial charge on any atom is -0.338 e. The summed E-state index contributed by atoms with van der Waals surface area (Å²) in [6.45, 7) is 3.58. The van der Waals surface area contributed by atoms with E-state index in [1.165, 1.54) is 0 Å². The van der Waals surface area contributed by atoms with Gasteiger partial charge in [-0.3, -0.25) is 4.79 Å². The summed E-state index contributed by atoms with van der Waals surface area (Å²) in [6.07, 6.45) is 3.42. The Bertz CT molecular complexity index is 449. The van der Waals surface area contributed by atoms with E-state index in [-0.39, 0.29) is 18.0 Å². The van der Waals surface area contributed by atoms with Gasteiger partial charge in [-0.15, -0.1) is 0 Å². The van der Waals surface area contributed by atoms with Crippen molar-refractivity contribution in [1.29, 1.82) is 0 Å². The highest BCUT2D eigenvalue weighted by Crippen LogP contribution is 2.24. The molecule has 1 aromatic carbocycles. The first-order valence-corrected chi connectivity index (χ1v) is 7.93. The lowest BCUT2D eigenvalue weighted by Gasteiger charge is -2.39. The first kappa shape index (κ1) is 16.0. The average molecular weight is 289 g/mol. The number of piperidine rings is 1. The van der Waals surface area contributed by atoms with Gasteiger partial charge in [0.05, 0.1) is 0 Å². The molecule has 0 aliphatic carbocycles. The lowest BCUT2D eigenvalue weighted by atomic mass is 9.90. The van der Waals surface area contributed by atoms with E-state index in [9.17, 15) is 4.79 Å². The molecule has 1 fully saturated rings. The number of hydrogen-bond acceptors (Lipinski definition) is 3. The van der Waals surface area contributed by atoms with Crippen molar-refractivity contribution in [3.8, 4) is 0 Å². The molecule has 0 radical (unpaired) electrons. The number of benzene rings is 1. The first-order chi connectivity index (χ1) is 10.1. The standard InChI is InChI=1S/C17H27N3O/c1-13-6-5-11-20(16(13)12-18)17(21)10-9-15(19)14-7-3-2-4-8-14/h2-4,7-8,13,15-16H,5-6,9-12,18-19H2,1H3. The maximum absolute atomic E-state index is 12.5. The number of carbonyl (C=O) groups excluding carboxylic acids is 1. The van der Waals surface area contributed by atoms with Gasteiger partial charge in [-0.1, -0.05) is 37.3 Å². The van der Waals surface area contributed by atoms with Crippen LogP contribution in [0.2, 0.25) is 0 Å². The molecule has 4 heteroatoms. The van der Waals surface area contributed by atoms with E-state index >= 15 is 0 Å². The molecular weight excluding hydrogens is 262 g/mol. The quantitative estimate of drug-likeness (QED) is 0.871. The van der Waals surface area contributed by atoms with Crippen LogP contribution in [0.5, 0.6) is 0 Å². The fourth-order valence-electron chi connectivity index (χ4n) is 3.21. The van der Waals surface area contributed by atoms with Gasteiger partial charge >= 0.3 is 0 Å². The summed E-state index contributed by atoms with van der Waals surface area (Å²) >= 11 is 0. The predicted octanol–water partition coefficient (Wildman–Crippen LogP) is 2.05. The number of likely N-dealkylation sites (tertiary alicyclic amines) is 1. The van der Waals surface area contributed by atoms with Crippen molar-refractivity contribution >= 4 is 5.91 Å². The Morgan fingerprint density at radius 3 is 2.76 bits per heavy atom. The van der Waals surface area contributed by atoms with Crippen LogP contribution >= 0.6 is 0 Å². The molecule has 1 amide bonds. The summed E-state index contributed by atoms with van der Waals surface area (Å²) < 4.78 is 0. The van der Waals surface area contributed by atoms with E-state index < -0.39 is 0 Å². The Kier molecular flexibility index (Phi) is 5.76. The van der Waals surface area contributed by atoms with Crippen molar-refractivity contribution in [2.75, 3.05) is 13.1 Å². The number of rotatable bonds is 5. The summed E-state index contributed by atoms with van der Waals surface area (Å²) in [5.41, 5.74) is 13.1. The fourth-order valence-corrected chi connectivity index (χ4v) is 3.21. The van der Waals surface area contributed by atoms with Crippen molar-refractivity contribution in [3.05, 3.63) is 35.9 Å². The summed E-state index contributed by atoms with van der Waals surface area (Å²) in [5.74, 6) is 0.693. The van der Waals surface area contributed by atoms with Gasteiger partial charge in [0, 0.05) is 31.6 Å². The number of carbonyl (C=O) groups is 1. The molecule has 0 saturated carbocycles. The smallest absolute Gasteiger partial charge is 0.222 e. The number of amides is 1. The SMILES string of the molecule is CC1CCCN(C(=O)CCC(N)c2ccccc2)C1CN. The first-order valence-electron chi connectivity index (χ1n) is 7.93. The third-order valence-electron chi connectivity index (χ3n) is 4.57. The topological polar surface area (TPSA) is 72.3 Å². The molecule has 21 heavy (non-hydrogen) atoms. The molecule has 2 rings (SSSR count). The summed E-state index contributed by atoms with van der Waals surface area (Å²) in [4.78, 5) is 14.4.